The molecule has 0 fully saturated rings. The smallest absolute Gasteiger partial charge is 0.237 e. The molecule has 1 amide bonds. The van der Waals surface area contributed by atoms with Crippen molar-refractivity contribution in [2.24, 2.45) is 7.05 Å². The number of thioether (sulfide) groups is 1. The molecule has 0 spiro atoms. The van der Waals surface area contributed by atoms with Gasteiger partial charge in [-0.3, -0.25) is 4.79 Å². The van der Waals surface area contributed by atoms with E-state index in [0.29, 0.717) is 0 Å². The summed E-state index contributed by atoms with van der Waals surface area (Å²) in [5.74, 6) is 0.0155. The van der Waals surface area contributed by atoms with Crippen molar-refractivity contribution < 1.29 is 4.79 Å². The first-order valence-corrected chi connectivity index (χ1v) is 8.26. The van der Waals surface area contributed by atoms with Crippen LogP contribution >= 0.6 is 34.4 Å². The quantitative estimate of drug-likeness (QED) is 0.616. The lowest BCUT2D eigenvalue weighted by Gasteiger charge is -2.14. The van der Waals surface area contributed by atoms with E-state index in [4.69, 9.17) is 0 Å². The molecule has 0 saturated carbocycles. The third kappa shape index (κ3) is 3.99. The third-order valence-electron chi connectivity index (χ3n) is 2.80. The molecule has 0 aliphatic carbocycles. The predicted molar refractivity (Wildman–Crippen MR) is 90.9 cm³/mol. The lowest BCUT2D eigenvalue weighted by atomic mass is 10.3. The second-order valence-electron chi connectivity index (χ2n) is 4.33. The zero-order valence-corrected chi connectivity index (χ0v) is 14.3. The molecule has 0 aliphatic rings. The van der Waals surface area contributed by atoms with E-state index >= 15 is 0 Å². The number of imidazole rings is 1. The van der Waals surface area contributed by atoms with Crippen molar-refractivity contribution in [2.45, 2.75) is 23.8 Å². The van der Waals surface area contributed by atoms with Gasteiger partial charge in [-0.05, 0) is 53.3 Å². The number of hydrogen-bond acceptors (Lipinski definition) is 3. The number of aromatic nitrogens is 2. The summed E-state index contributed by atoms with van der Waals surface area (Å²) in [6.07, 6.45) is 4.38. The first-order valence-electron chi connectivity index (χ1n) is 6.30. The van der Waals surface area contributed by atoms with Gasteiger partial charge in [-0.2, -0.15) is 0 Å². The lowest BCUT2D eigenvalue weighted by Crippen LogP contribution is -2.24. The van der Waals surface area contributed by atoms with Crippen molar-refractivity contribution in [3.8, 4) is 0 Å². The molecule has 2 rings (SSSR count). The van der Waals surface area contributed by atoms with Crippen molar-refractivity contribution in [1.82, 2.24) is 9.55 Å². The maximum atomic E-state index is 12.3. The van der Waals surface area contributed by atoms with Crippen LogP contribution in [0.1, 0.15) is 13.3 Å². The van der Waals surface area contributed by atoms with Crippen LogP contribution in [-0.2, 0) is 11.8 Å². The standard InChI is InChI=1S/C14H16IN3OS/c1-3-12(20-14-16-8-9-18(14)2)13(19)17-11-6-4-10(15)5-7-11/h4-9,12H,3H2,1-2H3,(H,17,19). The van der Waals surface area contributed by atoms with E-state index in [-0.39, 0.29) is 11.2 Å². The first kappa shape index (κ1) is 15.4. The highest BCUT2D eigenvalue weighted by Gasteiger charge is 2.19. The Morgan fingerprint density at radius 1 is 1.45 bits per heavy atom. The molecule has 1 heterocycles. The number of anilines is 1. The third-order valence-corrected chi connectivity index (χ3v) is 4.95. The van der Waals surface area contributed by atoms with Gasteiger partial charge in [0.05, 0.1) is 5.25 Å². The fourth-order valence-corrected chi connectivity index (χ4v) is 2.97. The Kier molecular flexibility index (Phi) is 5.47. The van der Waals surface area contributed by atoms with Crippen LogP contribution in [0.25, 0.3) is 0 Å². The molecule has 0 bridgehead atoms. The summed E-state index contributed by atoms with van der Waals surface area (Å²) in [5, 5.41) is 3.66. The van der Waals surface area contributed by atoms with Gasteiger partial charge in [0.15, 0.2) is 5.16 Å². The van der Waals surface area contributed by atoms with E-state index in [1.165, 1.54) is 11.8 Å². The number of carbonyl (C=O) groups excluding carboxylic acids is 1. The molecule has 2 aromatic rings. The number of aryl methyl sites for hydroxylation is 1. The Bertz CT molecular complexity index is 582. The minimum atomic E-state index is -0.143. The fraction of sp³-hybridized carbons (Fsp3) is 0.286. The summed E-state index contributed by atoms with van der Waals surface area (Å²) >= 11 is 3.73. The molecule has 106 valence electrons. The van der Waals surface area contributed by atoms with Crippen LogP contribution in [0.4, 0.5) is 5.69 Å². The van der Waals surface area contributed by atoms with Crippen molar-refractivity contribution in [3.63, 3.8) is 0 Å². The molecular formula is C14H16IN3OS. The van der Waals surface area contributed by atoms with Gasteiger partial charge < -0.3 is 9.88 Å². The number of carbonyl (C=O) groups is 1. The maximum Gasteiger partial charge on any atom is 0.237 e. The Hall–Kier alpha value is -1.02. The highest BCUT2D eigenvalue weighted by Crippen LogP contribution is 2.24. The molecule has 0 aliphatic heterocycles. The molecule has 0 saturated heterocycles. The van der Waals surface area contributed by atoms with Gasteiger partial charge in [0, 0.05) is 28.7 Å². The summed E-state index contributed by atoms with van der Waals surface area (Å²) in [7, 11) is 1.93. The van der Waals surface area contributed by atoms with Gasteiger partial charge in [0.25, 0.3) is 0 Å². The van der Waals surface area contributed by atoms with Crippen LogP contribution in [0, 0.1) is 3.57 Å². The molecule has 1 N–H and O–H groups in total. The average molecular weight is 401 g/mol. The highest BCUT2D eigenvalue weighted by atomic mass is 127. The van der Waals surface area contributed by atoms with Gasteiger partial charge >= 0.3 is 0 Å². The van der Waals surface area contributed by atoms with E-state index in [1.807, 2.05) is 49.0 Å². The van der Waals surface area contributed by atoms with Crippen molar-refractivity contribution in [1.29, 1.82) is 0 Å². The van der Waals surface area contributed by atoms with E-state index < -0.39 is 0 Å². The number of halogens is 1. The maximum absolute atomic E-state index is 12.3. The molecule has 4 nitrogen and oxygen atoms in total. The molecule has 1 atom stereocenters. The van der Waals surface area contributed by atoms with E-state index in [1.54, 1.807) is 6.20 Å². The van der Waals surface area contributed by atoms with Crippen molar-refractivity contribution in [3.05, 3.63) is 40.2 Å². The van der Waals surface area contributed by atoms with E-state index in [2.05, 4.69) is 32.9 Å². The molecule has 20 heavy (non-hydrogen) atoms. The van der Waals surface area contributed by atoms with Crippen LogP contribution in [0.2, 0.25) is 0 Å². The van der Waals surface area contributed by atoms with Gasteiger partial charge in [-0.15, -0.1) is 0 Å². The second kappa shape index (κ2) is 7.12. The Morgan fingerprint density at radius 2 is 2.15 bits per heavy atom. The summed E-state index contributed by atoms with van der Waals surface area (Å²) in [6, 6.07) is 7.78. The Balaban J connectivity index is 2.02. The number of amides is 1. The molecule has 1 aromatic heterocycles. The van der Waals surface area contributed by atoms with Gasteiger partial charge in [0.1, 0.15) is 0 Å². The minimum absolute atomic E-state index is 0.0155. The lowest BCUT2D eigenvalue weighted by molar-refractivity contribution is -0.115. The van der Waals surface area contributed by atoms with Crippen LogP contribution in [0.15, 0.2) is 41.8 Å². The van der Waals surface area contributed by atoms with Gasteiger partial charge in [0.2, 0.25) is 5.91 Å². The van der Waals surface area contributed by atoms with Gasteiger partial charge in [-0.25, -0.2) is 4.98 Å². The zero-order chi connectivity index (χ0) is 14.5. The first-order chi connectivity index (χ1) is 9.60. The summed E-state index contributed by atoms with van der Waals surface area (Å²) in [6.45, 7) is 2.01. The number of hydrogen-bond donors (Lipinski definition) is 1. The van der Waals surface area contributed by atoms with Crippen LogP contribution < -0.4 is 5.32 Å². The zero-order valence-electron chi connectivity index (χ0n) is 11.3. The van der Waals surface area contributed by atoms with Crippen molar-refractivity contribution in [2.75, 3.05) is 5.32 Å². The molecule has 6 heteroatoms. The summed E-state index contributed by atoms with van der Waals surface area (Å²) < 4.78 is 3.07. The number of benzene rings is 1. The molecule has 1 unspecified atom stereocenters. The molecular weight excluding hydrogens is 385 g/mol. The van der Waals surface area contributed by atoms with Gasteiger partial charge in [-0.1, -0.05) is 18.7 Å². The fourth-order valence-electron chi connectivity index (χ4n) is 1.67. The second-order valence-corrected chi connectivity index (χ2v) is 6.75. The number of nitrogens with zero attached hydrogens (tertiary/aromatic N) is 2. The summed E-state index contributed by atoms with van der Waals surface area (Å²) in [5.41, 5.74) is 0.828. The Labute approximate surface area is 136 Å². The molecule has 0 radical (unpaired) electrons. The van der Waals surface area contributed by atoms with Crippen LogP contribution in [0.5, 0.6) is 0 Å². The van der Waals surface area contributed by atoms with Crippen LogP contribution in [0.3, 0.4) is 0 Å². The highest BCUT2D eigenvalue weighted by molar-refractivity contribution is 14.1. The van der Waals surface area contributed by atoms with Crippen molar-refractivity contribution >= 4 is 45.9 Å². The monoisotopic (exact) mass is 401 g/mol. The average Bonchev–Trinajstić information content (AvgIpc) is 2.84. The Morgan fingerprint density at radius 3 is 2.70 bits per heavy atom. The molecule has 1 aromatic carbocycles. The SMILES string of the molecule is CCC(Sc1nccn1C)C(=O)Nc1ccc(I)cc1. The number of rotatable bonds is 5. The van der Waals surface area contributed by atoms with E-state index in [9.17, 15) is 4.79 Å². The number of nitrogens with one attached hydrogen (secondary N) is 1. The minimum Gasteiger partial charge on any atom is -0.329 e. The largest absolute Gasteiger partial charge is 0.329 e. The predicted octanol–water partition coefficient (Wildman–Crippen LogP) is 3.53. The van der Waals surface area contributed by atoms with E-state index in [0.717, 1.165) is 20.8 Å². The van der Waals surface area contributed by atoms with Crippen LogP contribution in [-0.4, -0.2) is 20.7 Å². The topological polar surface area (TPSA) is 46.9 Å². The summed E-state index contributed by atoms with van der Waals surface area (Å²) in [4.78, 5) is 16.5. The normalized spacial score (nSPS) is 12.2.